The molecule has 1 aliphatic heterocycles. The summed E-state index contributed by atoms with van der Waals surface area (Å²) in [6.07, 6.45) is 5.82. The standard InChI is InChI=1S/C25H30N2O2/c1-3-18-8-7-9-21-23(17-26-25(18)21)22(16-24(28)27-14-5-6-15-27)19-10-12-20(13-11-19)29-4-2/h7-13,17,22,26H,3-6,14-16H2,1-2H3/t22-/m1/s1. The van der Waals surface area contributed by atoms with E-state index in [9.17, 15) is 4.79 Å². The molecular weight excluding hydrogens is 360 g/mol. The molecule has 152 valence electrons. The normalized spacial score (nSPS) is 15.0. The van der Waals surface area contributed by atoms with Gasteiger partial charge >= 0.3 is 0 Å². The average Bonchev–Trinajstić information content (AvgIpc) is 3.43. The highest BCUT2D eigenvalue weighted by molar-refractivity contribution is 5.88. The van der Waals surface area contributed by atoms with Gasteiger partial charge in [0.05, 0.1) is 6.61 Å². The fourth-order valence-corrected chi connectivity index (χ4v) is 4.46. The maximum Gasteiger partial charge on any atom is 0.223 e. The maximum atomic E-state index is 13.0. The molecule has 2 heterocycles. The van der Waals surface area contributed by atoms with Crippen LogP contribution in [0.5, 0.6) is 5.75 Å². The van der Waals surface area contributed by atoms with Crippen molar-refractivity contribution in [1.82, 2.24) is 9.88 Å². The summed E-state index contributed by atoms with van der Waals surface area (Å²) in [5.41, 5.74) is 4.86. The number of hydrogen-bond donors (Lipinski definition) is 1. The second kappa shape index (κ2) is 8.73. The van der Waals surface area contributed by atoms with Gasteiger partial charge in [-0.05, 0) is 55.0 Å². The zero-order valence-electron chi connectivity index (χ0n) is 17.4. The molecule has 4 nitrogen and oxygen atoms in total. The molecule has 1 atom stereocenters. The van der Waals surface area contributed by atoms with Gasteiger partial charge in [0, 0.05) is 42.5 Å². The SMILES string of the molecule is CCOc1ccc([C@@H](CC(=O)N2CCCC2)c2c[nH]c3c(CC)cccc23)cc1. The molecule has 0 spiro atoms. The Morgan fingerprint density at radius 3 is 2.55 bits per heavy atom. The molecule has 1 saturated heterocycles. The van der Waals surface area contributed by atoms with E-state index in [1.165, 1.54) is 22.0 Å². The van der Waals surface area contributed by atoms with Gasteiger partial charge in [-0.15, -0.1) is 0 Å². The molecule has 0 unspecified atom stereocenters. The summed E-state index contributed by atoms with van der Waals surface area (Å²) in [7, 11) is 0. The quantitative estimate of drug-likeness (QED) is 0.597. The van der Waals surface area contributed by atoms with Gasteiger partial charge in [0.2, 0.25) is 5.91 Å². The fraction of sp³-hybridized carbons (Fsp3) is 0.400. The first-order chi connectivity index (χ1) is 14.2. The molecule has 1 aromatic heterocycles. The Bertz CT molecular complexity index is 968. The summed E-state index contributed by atoms with van der Waals surface area (Å²) in [5.74, 6) is 1.15. The summed E-state index contributed by atoms with van der Waals surface area (Å²) in [6, 6.07) is 14.7. The topological polar surface area (TPSA) is 45.3 Å². The Kier molecular flexibility index (Phi) is 5.89. The van der Waals surface area contributed by atoms with Crippen LogP contribution in [0.15, 0.2) is 48.7 Å². The predicted octanol–water partition coefficient (Wildman–Crippen LogP) is 5.27. The molecule has 29 heavy (non-hydrogen) atoms. The van der Waals surface area contributed by atoms with Crippen LogP contribution in [0.2, 0.25) is 0 Å². The molecule has 4 heteroatoms. The van der Waals surface area contributed by atoms with E-state index in [0.29, 0.717) is 13.0 Å². The largest absolute Gasteiger partial charge is 0.494 e. The van der Waals surface area contributed by atoms with Crippen molar-refractivity contribution in [2.75, 3.05) is 19.7 Å². The minimum atomic E-state index is 0.0274. The van der Waals surface area contributed by atoms with Crippen LogP contribution in [0.25, 0.3) is 10.9 Å². The molecule has 1 amide bonds. The molecule has 0 saturated carbocycles. The number of amides is 1. The van der Waals surface area contributed by atoms with Crippen molar-refractivity contribution >= 4 is 16.8 Å². The Balaban J connectivity index is 1.72. The van der Waals surface area contributed by atoms with Gasteiger partial charge in [0.25, 0.3) is 0 Å². The highest BCUT2D eigenvalue weighted by Gasteiger charge is 2.26. The van der Waals surface area contributed by atoms with Gasteiger partial charge in [0.15, 0.2) is 0 Å². The second-order valence-electron chi connectivity index (χ2n) is 7.78. The second-order valence-corrected chi connectivity index (χ2v) is 7.78. The Hall–Kier alpha value is -2.75. The maximum absolute atomic E-state index is 13.0. The molecule has 1 N–H and O–H groups in total. The number of fused-ring (bicyclic) bond motifs is 1. The smallest absolute Gasteiger partial charge is 0.223 e. The first-order valence-electron chi connectivity index (χ1n) is 10.8. The number of rotatable bonds is 7. The van der Waals surface area contributed by atoms with E-state index < -0.39 is 0 Å². The summed E-state index contributed by atoms with van der Waals surface area (Å²) < 4.78 is 5.61. The van der Waals surface area contributed by atoms with E-state index in [1.807, 2.05) is 24.0 Å². The number of likely N-dealkylation sites (tertiary alicyclic amines) is 1. The summed E-state index contributed by atoms with van der Waals surface area (Å²) >= 11 is 0. The van der Waals surface area contributed by atoms with E-state index in [0.717, 1.165) is 43.7 Å². The predicted molar refractivity (Wildman–Crippen MR) is 118 cm³/mol. The molecule has 0 bridgehead atoms. The summed E-state index contributed by atoms with van der Waals surface area (Å²) in [4.78, 5) is 18.5. The highest BCUT2D eigenvalue weighted by atomic mass is 16.5. The van der Waals surface area contributed by atoms with Crippen molar-refractivity contribution in [2.24, 2.45) is 0 Å². The lowest BCUT2D eigenvalue weighted by atomic mass is 9.87. The monoisotopic (exact) mass is 390 g/mol. The van der Waals surface area contributed by atoms with Crippen molar-refractivity contribution in [3.8, 4) is 5.75 Å². The number of para-hydroxylation sites is 1. The number of hydrogen-bond acceptors (Lipinski definition) is 2. The molecule has 1 aliphatic rings. The lowest BCUT2D eigenvalue weighted by molar-refractivity contribution is -0.130. The fourth-order valence-electron chi connectivity index (χ4n) is 4.46. The lowest BCUT2D eigenvalue weighted by Gasteiger charge is -2.22. The van der Waals surface area contributed by atoms with Gasteiger partial charge in [-0.3, -0.25) is 4.79 Å². The van der Waals surface area contributed by atoms with Crippen molar-refractivity contribution in [3.63, 3.8) is 0 Å². The molecular formula is C25H30N2O2. The Labute approximate surface area is 172 Å². The number of carbonyl (C=O) groups excluding carboxylic acids is 1. The van der Waals surface area contributed by atoms with Crippen LogP contribution >= 0.6 is 0 Å². The van der Waals surface area contributed by atoms with Crippen molar-refractivity contribution in [1.29, 1.82) is 0 Å². The Morgan fingerprint density at radius 1 is 1.10 bits per heavy atom. The number of benzene rings is 2. The number of nitrogens with zero attached hydrogens (tertiary/aromatic N) is 1. The molecule has 0 radical (unpaired) electrons. The first-order valence-corrected chi connectivity index (χ1v) is 10.8. The highest BCUT2D eigenvalue weighted by Crippen LogP contribution is 2.36. The zero-order valence-corrected chi connectivity index (χ0v) is 17.4. The minimum absolute atomic E-state index is 0.0274. The third kappa shape index (κ3) is 4.02. The summed E-state index contributed by atoms with van der Waals surface area (Å²) in [6.45, 7) is 6.60. The number of H-pyrrole nitrogens is 1. The zero-order chi connectivity index (χ0) is 20.2. The Morgan fingerprint density at radius 2 is 1.86 bits per heavy atom. The summed E-state index contributed by atoms with van der Waals surface area (Å²) in [5, 5.41) is 1.22. The van der Waals surface area contributed by atoms with Crippen LogP contribution in [-0.4, -0.2) is 35.5 Å². The van der Waals surface area contributed by atoms with Crippen molar-refractivity contribution < 1.29 is 9.53 Å². The van der Waals surface area contributed by atoms with Crippen LogP contribution < -0.4 is 4.74 Å². The molecule has 3 aromatic rings. The lowest BCUT2D eigenvalue weighted by Crippen LogP contribution is -2.29. The molecule has 2 aromatic carbocycles. The van der Waals surface area contributed by atoms with Crippen molar-refractivity contribution in [2.45, 2.75) is 45.4 Å². The number of carbonyl (C=O) groups is 1. The average molecular weight is 391 g/mol. The van der Waals surface area contributed by atoms with Crippen LogP contribution in [0.3, 0.4) is 0 Å². The van der Waals surface area contributed by atoms with E-state index in [2.05, 4.69) is 48.4 Å². The van der Waals surface area contributed by atoms with Crippen LogP contribution in [0.4, 0.5) is 0 Å². The van der Waals surface area contributed by atoms with Gasteiger partial charge in [-0.1, -0.05) is 37.3 Å². The molecule has 1 fully saturated rings. The van der Waals surface area contributed by atoms with Crippen LogP contribution in [0.1, 0.15) is 55.7 Å². The molecule has 0 aliphatic carbocycles. The van der Waals surface area contributed by atoms with Gasteiger partial charge in [-0.25, -0.2) is 0 Å². The van der Waals surface area contributed by atoms with E-state index in [-0.39, 0.29) is 11.8 Å². The van der Waals surface area contributed by atoms with Crippen LogP contribution in [0, 0.1) is 0 Å². The first kappa shape index (κ1) is 19.6. The minimum Gasteiger partial charge on any atom is -0.494 e. The number of aromatic nitrogens is 1. The van der Waals surface area contributed by atoms with Crippen LogP contribution in [-0.2, 0) is 11.2 Å². The van der Waals surface area contributed by atoms with E-state index in [4.69, 9.17) is 4.74 Å². The van der Waals surface area contributed by atoms with Crippen molar-refractivity contribution in [3.05, 3.63) is 65.4 Å². The van der Waals surface area contributed by atoms with Gasteiger partial charge < -0.3 is 14.6 Å². The number of nitrogens with one attached hydrogen (secondary N) is 1. The number of aryl methyl sites for hydroxylation is 1. The number of ether oxygens (including phenoxy) is 1. The number of aromatic amines is 1. The van der Waals surface area contributed by atoms with Gasteiger partial charge in [-0.2, -0.15) is 0 Å². The third-order valence-electron chi connectivity index (χ3n) is 6.02. The molecule has 4 rings (SSSR count). The van der Waals surface area contributed by atoms with E-state index >= 15 is 0 Å². The third-order valence-corrected chi connectivity index (χ3v) is 6.02. The van der Waals surface area contributed by atoms with E-state index in [1.54, 1.807) is 0 Å². The van der Waals surface area contributed by atoms with Gasteiger partial charge in [0.1, 0.15) is 5.75 Å².